The number of nitrogens with one attached hydrogen (secondary N) is 1. The van der Waals surface area contributed by atoms with E-state index in [4.69, 9.17) is 0 Å². The number of aromatic nitrogens is 2. The summed E-state index contributed by atoms with van der Waals surface area (Å²) >= 11 is 0. The molecule has 0 aliphatic carbocycles. The van der Waals surface area contributed by atoms with Crippen LogP contribution in [0.15, 0.2) is 59.8 Å². The minimum atomic E-state index is -3.91. The molecule has 1 saturated heterocycles. The standard InChI is InChI=1S/C27H35N5O3S/c1-4-31-20-24(26(33)28-15-9-13-23-11-6-5-7-12-23)27(29-31)36(34,35)32-18-16-30(17-19-32)25-14-8-10-21(2)22(25)3/h5-8,10-12,14,20H,4,9,13,15-19H2,1-3H3,(H,28,33). The smallest absolute Gasteiger partial charge is 0.263 e. The molecule has 3 aromatic rings. The van der Waals surface area contributed by atoms with Crippen molar-refractivity contribution in [2.75, 3.05) is 37.6 Å². The number of carbonyl (C=O) groups is 1. The Hall–Kier alpha value is -3.17. The predicted octanol–water partition coefficient (Wildman–Crippen LogP) is 3.39. The Morgan fingerprint density at radius 1 is 1.00 bits per heavy atom. The fourth-order valence-electron chi connectivity index (χ4n) is 4.52. The van der Waals surface area contributed by atoms with Crippen molar-refractivity contribution in [3.05, 3.63) is 77.0 Å². The normalized spacial score (nSPS) is 14.7. The molecule has 1 aliphatic heterocycles. The molecular formula is C27H35N5O3S. The van der Waals surface area contributed by atoms with E-state index in [2.05, 4.69) is 53.4 Å². The highest BCUT2D eigenvalue weighted by Gasteiger charge is 2.35. The van der Waals surface area contributed by atoms with Gasteiger partial charge in [0.2, 0.25) is 5.03 Å². The molecule has 9 heteroatoms. The summed E-state index contributed by atoms with van der Waals surface area (Å²) in [5.74, 6) is -0.407. The largest absolute Gasteiger partial charge is 0.369 e. The topological polar surface area (TPSA) is 87.5 Å². The average molecular weight is 510 g/mol. The molecule has 8 nitrogen and oxygen atoms in total. The van der Waals surface area contributed by atoms with Crippen LogP contribution in [-0.4, -0.2) is 61.1 Å². The zero-order chi connectivity index (χ0) is 25.7. The summed E-state index contributed by atoms with van der Waals surface area (Å²) in [5.41, 5.74) is 4.87. The van der Waals surface area contributed by atoms with Crippen molar-refractivity contribution in [1.29, 1.82) is 0 Å². The second-order valence-corrected chi connectivity index (χ2v) is 11.0. The molecule has 36 heavy (non-hydrogen) atoms. The van der Waals surface area contributed by atoms with Crippen molar-refractivity contribution in [1.82, 2.24) is 19.4 Å². The maximum Gasteiger partial charge on any atom is 0.263 e. The van der Waals surface area contributed by atoms with Crippen LogP contribution in [0.3, 0.4) is 0 Å². The first-order valence-corrected chi connectivity index (χ1v) is 14.0. The summed E-state index contributed by atoms with van der Waals surface area (Å²) < 4.78 is 30.1. The molecule has 2 aromatic carbocycles. The van der Waals surface area contributed by atoms with E-state index in [1.807, 2.05) is 31.2 Å². The van der Waals surface area contributed by atoms with Crippen LogP contribution in [0.25, 0.3) is 0 Å². The molecule has 1 amide bonds. The van der Waals surface area contributed by atoms with E-state index in [1.165, 1.54) is 31.9 Å². The number of carbonyl (C=O) groups excluding carboxylic acids is 1. The highest BCUT2D eigenvalue weighted by atomic mass is 32.2. The summed E-state index contributed by atoms with van der Waals surface area (Å²) in [7, 11) is -3.91. The van der Waals surface area contributed by atoms with Gasteiger partial charge >= 0.3 is 0 Å². The van der Waals surface area contributed by atoms with Crippen molar-refractivity contribution in [2.45, 2.75) is 45.2 Å². The molecule has 0 bridgehead atoms. The Labute approximate surface area is 214 Å². The SMILES string of the molecule is CCn1cc(C(=O)NCCCc2ccccc2)c(S(=O)(=O)N2CCN(c3cccc(C)c3C)CC2)n1. The lowest BCUT2D eigenvalue weighted by molar-refractivity contribution is 0.0949. The maximum atomic E-state index is 13.6. The third kappa shape index (κ3) is 5.63. The Morgan fingerprint density at radius 2 is 1.72 bits per heavy atom. The number of rotatable bonds is 9. The van der Waals surface area contributed by atoms with Crippen LogP contribution in [-0.2, 0) is 23.0 Å². The predicted molar refractivity (Wildman–Crippen MR) is 142 cm³/mol. The van der Waals surface area contributed by atoms with Gasteiger partial charge in [0.1, 0.15) is 0 Å². The Bertz CT molecular complexity index is 1300. The van der Waals surface area contributed by atoms with Crippen LogP contribution in [0.2, 0.25) is 0 Å². The van der Waals surface area contributed by atoms with Crippen molar-refractivity contribution < 1.29 is 13.2 Å². The molecule has 2 heterocycles. The molecule has 1 N–H and O–H groups in total. The van der Waals surface area contributed by atoms with Gasteiger partial charge in [-0.1, -0.05) is 42.5 Å². The van der Waals surface area contributed by atoms with Crippen LogP contribution in [0, 0.1) is 13.8 Å². The van der Waals surface area contributed by atoms with Gasteiger partial charge in [0, 0.05) is 51.2 Å². The summed E-state index contributed by atoms with van der Waals surface area (Å²) in [5, 5.41) is 7.00. The first-order chi connectivity index (χ1) is 17.3. The number of hydrogen-bond donors (Lipinski definition) is 1. The van der Waals surface area contributed by atoms with E-state index in [9.17, 15) is 13.2 Å². The van der Waals surface area contributed by atoms with Gasteiger partial charge in [-0.05, 0) is 56.4 Å². The van der Waals surface area contributed by atoms with E-state index in [0.717, 1.165) is 18.5 Å². The Balaban J connectivity index is 1.43. The fourth-order valence-corrected chi connectivity index (χ4v) is 6.04. The van der Waals surface area contributed by atoms with Crippen molar-refractivity contribution in [3.63, 3.8) is 0 Å². The van der Waals surface area contributed by atoms with Crippen LogP contribution in [0.5, 0.6) is 0 Å². The van der Waals surface area contributed by atoms with Crippen molar-refractivity contribution >= 4 is 21.6 Å². The van der Waals surface area contributed by atoms with E-state index >= 15 is 0 Å². The minimum absolute atomic E-state index is 0.105. The lowest BCUT2D eigenvalue weighted by atomic mass is 10.1. The first kappa shape index (κ1) is 25.9. The highest BCUT2D eigenvalue weighted by molar-refractivity contribution is 7.89. The first-order valence-electron chi connectivity index (χ1n) is 12.5. The molecule has 0 spiro atoms. The van der Waals surface area contributed by atoms with Crippen molar-refractivity contribution in [2.24, 2.45) is 0 Å². The highest BCUT2D eigenvalue weighted by Crippen LogP contribution is 2.26. The molecule has 0 unspecified atom stereocenters. The van der Waals surface area contributed by atoms with Gasteiger partial charge < -0.3 is 10.2 Å². The third-order valence-corrected chi connectivity index (χ3v) is 8.64. The number of nitrogens with zero attached hydrogens (tertiary/aromatic N) is 4. The minimum Gasteiger partial charge on any atom is -0.369 e. The Morgan fingerprint density at radius 3 is 2.42 bits per heavy atom. The van der Waals surface area contributed by atoms with E-state index in [-0.39, 0.29) is 10.6 Å². The second kappa shape index (κ2) is 11.3. The third-order valence-electron chi connectivity index (χ3n) is 6.81. The number of piperazine rings is 1. The zero-order valence-corrected chi connectivity index (χ0v) is 22.1. The molecule has 192 valence electrons. The summed E-state index contributed by atoms with van der Waals surface area (Å²) in [6, 6.07) is 16.3. The Kier molecular flexibility index (Phi) is 8.11. The van der Waals surface area contributed by atoms with E-state index < -0.39 is 15.9 Å². The molecular weight excluding hydrogens is 474 g/mol. The summed E-state index contributed by atoms with van der Waals surface area (Å²) in [6.45, 7) is 8.82. The lowest BCUT2D eigenvalue weighted by Crippen LogP contribution is -2.49. The number of hydrogen-bond acceptors (Lipinski definition) is 5. The van der Waals surface area contributed by atoms with E-state index in [0.29, 0.717) is 39.3 Å². The fraction of sp³-hybridized carbons (Fsp3) is 0.407. The summed E-state index contributed by atoms with van der Waals surface area (Å²) in [6.07, 6.45) is 3.14. The van der Waals surface area contributed by atoms with Crippen LogP contribution < -0.4 is 10.2 Å². The van der Waals surface area contributed by atoms with Gasteiger partial charge in [0.15, 0.2) is 0 Å². The maximum absolute atomic E-state index is 13.6. The molecule has 1 fully saturated rings. The van der Waals surface area contributed by atoms with Gasteiger partial charge in [0.25, 0.3) is 15.9 Å². The number of sulfonamides is 1. The van der Waals surface area contributed by atoms with Gasteiger partial charge in [0.05, 0.1) is 5.56 Å². The van der Waals surface area contributed by atoms with Gasteiger partial charge in [-0.25, -0.2) is 8.42 Å². The number of benzene rings is 2. The van der Waals surface area contributed by atoms with Gasteiger partial charge in [-0.15, -0.1) is 0 Å². The van der Waals surface area contributed by atoms with Crippen LogP contribution in [0.1, 0.15) is 40.4 Å². The number of amides is 1. The van der Waals surface area contributed by atoms with Crippen LogP contribution in [0.4, 0.5) is 5.69 Å². The zero-order valence-electron chi connectivity index (χ0n) is 21.3. The average Bonchev–Trinajstić information content (AvgIpc) is 3.35. The monoisotopic (exact) mass is 509 g/mol. The molecule has 1 aromatic heterocycles. The lowest BCUT2D eigenvalue weighted by Gasteiger charge is -2.36. The van der Waals surface area contributed by atoms with Crippen LogP contribution >= 0.6 is 0 Å². The van der Waals surface area contributed by atoms with Crippen molar-refractivity contribution in [3.8, 4) is 0 Å². The molecule has 0 saturated carbocycles. The molecule has 0 atom stereocenters. The second-order valence-electron chi connectivity index (χ2n) is 9.16. The molecule has 4 rings (SSSR count). The summed E-state index contributed by atoms with van der Waals surface area (Å²) in [4.78, 5) is 15.2. The number of aryl methyl sites for hydroxylation is 3. The molecule has 0 radical (unpaired) electrons. The quantitative estimate of drug-likeness (QED) is 0.447. The van der Waals surface area contributed by atoms with E-state index in [1.54, 1.807) is 0 Å². The van der Waals surface area contributed by atoms with Gasteiger partial charge in [-0.2, -0.15) is 9.40 Å². The van der Waals surface area contributed by atoms with Gasteiger partial charge in [-0.3, -0.25) is 9.48 Å². The number of anilines is 1. The molecule has 1 aliphatic rings.